The van der Waals surface area contributed by atoms with Gasteiger partial charge in [0.05, 0.1) is 12.6 Å². The molecule has 1 amide bonds. The molecule has 0 radical (unpaired) electrons. The molecule has 2 unspecified atom stereocenters. The fourth-order valence-corrected chi connectivity index (χ4v) is 2.61. The third-order valence-corrected chi connectivity index (χ3v) is 4.15. The lowest BCUT2D eigenvalue weighted by atomic mass is 10.0. The van der Waals surface area contributed by atoms with Crippen molar-refractivity contribution in [3.8, 4) is 0 Å². The van der Waals surface area contributed by atoms with E-state index in [4.69, 9.17) is 17.3 Å². The molecule has 0 saturated carbocycles. The Morgan fingerprint density at radius 1 is 1.17 bits per heavy atom. The van der Waals surface area contributed by atoms with E-state index in [2.05, 4.69) is 5.32 Å². The molecule has 0 aliphatic carbocycles. The number of aliphatic hydroxyl groups is 2. The molecular weight excluding hydrogens is 328 g/mol. The van der Waals surface area contributed by atoms with E-state index in [9.17, 15) is 15.0 Å². The number of halogens is 1. The second-order valence-corrected chi connectivity index (χ2v) is 5.97. The van der Waals surface area contributed by atoms with Gasteiger partial charge in [-0.2, -0.15) is 0 Å². The number of carbonyl (C=O) groups is 1. The highest BCUT2D eigenvalue weighted by Crippen LogP contribution is 2.19. The van der Waals surface area contributed by atoms with Crippen LogP contribution in [0.4, 0.5) is 5.69 Å². The Balaban J connectivity index is 1.93. The predicted molar refractivity (Wildman–Crippen MR) is 94.6 cm³/mol. The van der Waals surface area contributed by atoms with Gasteiger partial charge in [0.15, 0.2) is 0 Å². The van der Waals surface area contributed by atoms with E-state index in [-0.39, 0.29) is 18.9 Å². The molecular formula is C18H21ClN2O3. The van der Waals surface area contributed by atoms with Gasteiger partial charge in [-0.25, -0.2) is 0 Å². The summed E-state index contributed by atoms with van der Waals surface area (Å²) in [6.45, 7) is -0.372. The number of amides is 1. The van der Waals surface area contributed by atoms with Crippen LogP contribution < -0.4 is 11.1 Å². The van der Waals surface area contributed by atoms with Gasteiger partial charge < -0.3 is 21.3 Å². The van der Waals surface area contributed by atoms with Crippen LogP contribution in [0.2, 0.25) is 5.02 Å². The van der Waals surface area contributed by atoms with Crippen molar-refractivity contribution in [3.05, 3.63) is 64.7 Å². The minimum atomic E-state index is -1.01. The largest absolute Gasteiger partial charge is 0.399 e. The van der Waals surface area contributed by atoms with E-state index in [0.717, 1.165) is 5.56 Å². The molecule has 0 aliphatic rings. The lowest BCUT2D eigenvalue weighted by Gasteiger charge is -2.22. The summed E-state index contributed by atoms with van der Waals surface area (Å²) >= 11 is 6.06. The van der Waals surface area contributed by atoms with Crippen LogP contribution >= 0.6 is 11.6 Å². The fraction of sp³-hybridized carbons (Fsp3) is 0.278. The van der Waals surface area contributed by atoms with Gasteiger partial charge in [0, 0.05) is 17.1 Å². The average Bonchev–Trinajstić information content (AvgIpc) is 2.59. The molecule has 0 spiro atoms. The third kappa shape index (κ3) is 4.96. The quantitative estimate of drug-likeness (QED) is 0.576. The Morgan fingerprint density at radius 2 is 1.83 bits per heavy atom. The monoisotopic (exact) mass is 348 g/mol. The van der Waals surface area contributed by atoms with Crippen LogP contribution in [0.5, 0.6) is 0 Å². The number of aryl methyl sites for hydroxylation is 1. The molecule has 0 bridgehead atoms. The second-order valence-electron chi connectivity index (χ2n) is 5.56. The zero-order valence-electron chi connectivity index (χ0n) is 13.2. The number of aliphatic hydroxyl groups excluding tert-OH is 2. The number of nitrogens with two attached hydrogens (primary N) is 1. The summed E-state index contributed by atoms with van der Waals surface area (Å²) in [5.41, 5.74) is 7.65. The zero-order valence-corrected chi connectivity index (χ0v) is 13.9. The fourth-order valence-electron chi connectivity index (χ4n) is 2.38. The first-order valence-electron chi connectivity index (χ1n) is 7.68. The van der Waals surface area contributed by atoms with E-state index in [1.165, 1.54) is 0 Å². The molecule has 0 saturated heterocycles. The first kappa shape index (κ1) is 18.3. The Kier molecular flexibility index (Phi) is 6.61. The van der Waals surface area contributed by atoms with Gasteiger partial charge in [-0.05, 0) is 35.7 Å². The minimum Gasteiger partial charge on any atom is -0.399 e. The van der Waals surface area contributed by atoms with Gasteiger partial charge in [-0.3, -0.25) is 4.79 Å². The molecule has 5 nitrogen and oxygen atoms in total. The molecule has 2 rings (SSSR count). The van der Waals surface area contributed by atoms with E-state index >= 15 is 0 Å². The summed E-state index contributed by atoms with van der Waals surface area (Å²) in [7, 11) is 0. The molecule has 2 atom stereocenters. The molecule has 2 aromatic carbocycles. The Hall–Kier alpha value is -2.08. The standard InChI is InChI=1S/C18H21ClN2O3/c19-15-4-2-1-3-12(15)7-10-17(23)21-16(11-22)18(24)13-5-8-14(20)9-6-13/h1-6,8-9,16,18,22,24H,7,10-11,20H2,(H,21,23). The number of hydrogen-bond donors (Lipinski definition) is 4. The Morgan fingerprint density at radius 3 is 2.46 bits per heavy atom. The van der Waals surface area contributed by atoms with Crippen molar-refractivity contribution in [2.24, 2.45) is 0 Å². The number of rotatable bonds is 7. The number of anilines is 1. The summed E-state index contributed by atoms with van der Waals surface area (Å²) < 4.78 is 0. The smallest absolute Gasteiger partial charge is 0.220 e. The zero-order chi connectivity index (χ0) is 17.5. The van der Waals surface area contributed by atoms with Crippen LogP contribution in [0.25, 0.3) is 0 Å². The van der Waals surface area contributed by atoms with Crippen molar-refractivity contribution in [3.63, 3.8) is 0 Å². The maximum absolute atomic E-state index is 12.1. The minimum absolute atomic E-state index is 0.217. The molecule has 0 aliphatic heterocycles. The maximum Gasteiger partial charge on any atom is 0.220 e. The summed E-state index contributed by atoms with van der Waals surface area (Å²) in [6.07, 6.45) is -0.309. The summed E-state index contributed by atoms with van der Waals surface area (Å²) in [4.78, 5) is 12.1. The number of nitrogens with one attached hydrogen (secondary N) is 1. The van der Waals surface area contributed by atoms with Crippen LogP contribution in [-0.2, 0) is 11.2 Å². The van der Waals surface area contributed by atoms with Gasteiger partial charge in [0.2, 0.25) is 5.91 Å². The van der Waals surface area contributed by atoms with Crippen LogP contribution in [-0.4, -0.2) is 28.8 Å². The van der Waals surface area contributed by atoms with Crippen molar-refractivity contribution >= 4 is 23.2 Å². The summed E-state index contributed by atoms with van der Waals surface area (Å²) in [5, 5.41) is 23.1. The molecule has 2 aromatic rings. The van der Waals surface area contributed by atoms with Crippen LogP contribution in [0, 0.1) is 0 Å². The summed E-state index contributed by atoms with van der Waals surface area (Å²) in [6, 6.07) is 13.2. The molecule has 24 heavy (non-hydrogen) atoms. The molecule has 128 valence electrons. The highest BCUT2D eigenvalue weighted by molar-refractivity contribution is 6.31. The first-order valence-corrected chi connectivity index (χ1v) is 8.06. The number of hydrogen-bond acceptors (Lipinski definition) is 4. The van der Waals surface area contributed by atoms with Crippen molar-refractivity contribution in [1.29, 1.82) is 0 Å². The topological polar surface area (TPSA) is 95.6 Å². The van der Waals surface area contributed by atoms with E-state index in [1.54, 1.807) is 30.3 Å². The average molecular weight is 349 g/mol. The molecule has 6 heteroatoms. The Labute approximate surface area is 146 Å². The summed E-state index contributed by atoms with van der Waals surface area (Å²) in [5.74, 6) is -0.261. The van der Waals surface area contributed by atoms with Crippen molar-refractivity contribution in [2.75, 3.05) is 12.3 Å². The normalized spacial score (nSPS) is 13.3. The number of carbonyl (C=O) groups excluding carboxylic acids is 1. The van der Waals surface area contributed by atoms with Crippen molar-refractivity contribution < 1.29 is 15.0 Å². The highest BCUT2D eigenvalue weighted by Gasteiger charge is 2.22. The van der Waals surface area contributed by atoms with Crippen LogP contribution in [0.1, 0.15) is 23.7 Å². The highest BCUT2D eigenvalue weighted by atomic mass is 35.5. The molecule has 5 N–H and O–H groups in total. The predicted octanol–water partition coefficient (Wildman–Crippen LogP) is 2.07. The van der Waals surface area contributed by atoms with E-state index < -0.39 is 12.1 Å². The number of benzene rings is 2. The van der Waals surface area contributed by atoms with Gasteiger partial charge in [0.25, 0.3) is 0 Å². The Bertz CT molecular complexity index is 676. The van der Waals surface area contributed by atoms with E-state index in [1.807, 2.05) is 18.2 Å². The second kappa shape index (κ2) is 8.68. The van der Waals surface area contributed by atoms with Gasteiger partial charge in [-0.1, -0.05) is 41.9 Å². The van der Waals surface area contributed by atoms with Gasteiger partial charge in [0.1, 0.15) is 6.10 Å². The molecule has 0 heterocycles. The van der Waals surface area contributed by atoms with Gasteiger partial charge >= 0.3 is 0 Å². The van der Waals surface area contributed by atoms with E-state index in [0.29, 0.717) is 22.7 Å². The van der Waals surface area contributed by atoms with Gasteiger partial charge in [-0.15, -0.1) is 0 Å². The third-order valence-electron chi connectivity index (χ3n) is 3.78. The van der Waals surface area contributed by atoms with Crippen molar-refractivity contribution in [1.82, 2.24) is 5.32 Å². The SMILES string of the molecule is Nc1ccc(C(O)C(CO)NC(=O)CCc2ccccc2Cl)cc1. The lowest BCUT2D eigenvalue weighted by Crippen LogP contribution is -2.42. The number of nitrogen functional groups attached to an aromatic ring is 1. The lowest BCUT2D eigenvalue weighted by molar-refractivity contribution is -0.123. The first-order chi connectivity index (χ1) is 11.5. The molecule has 0 fully saturated rings. The maximum atomic E-state index is 12.1. The molecule has 0 aromatic heterocycles. The van der Waals surface area contributed by atoms with Crippen LogP contribution in [0.3, 0.4) is 0 Å². The van der Waals surface area contributed by atoms with Crippen molar-refractivity contribution in [2.45, 2.75) is 25.0 Å². The van der Waals surface area contributed by atoms with Crippen LogP contribution in [0.15, 0.2) is 48.5 Å².